The zero-order valence-corrected chi connectivity index (χ0v) is 24.2. The summed E-state index contributed by atoms with van der Waals surface area (Å²) in [4.78, 5) is 5.05. The Bertz CT molecular complexity index is 993. The lowest BCUT2D eigenvalue weighted by atomic mass is 9.90. The van der Waals surface area contributed by atoms with Crippen molar-refractivity contribution in [2.45, 2.75) is 64.0 Å². The Morgan fingerprint density at radius 2 is 1.46 bits per heavy atom. The van der Waals surface area contributed by atoms with Gasteiger partial charge < -0.3 is 19.9 Å². The van der Waals surface area contributed by atoms with Crippen molar-refractivity contribution in [1.29, 1.82) is 0 Å². The number of hydrogen-bond donors (Lipinski definition) is 1. The van der Waals surface area contributed by atoms with Gasteiger partial charge in [0.15, 0.2) is 0 Å². The second-order valence-electron chi connectivity index (χ2n) is 11.2. The number of benzene rings is 3. The molecule has 4 heteroatoms. The van der Waals surface area contributed by atoms with Crippen LogP contribution >= 0.6 is 0 Å². The van der Waals surface area contributed by atoms with Gasteiger partial charge in [-0.15, -0.1) is 0 Å². The summed E-state index contributed by atoms with van der Waals surface area (Å²) >= 11 is 0. The summed E-state index contributed by atoms with van der Waals surface area (Å²) in [5, 5.41) is 3.59. The molecule has 1 aliphatic rings. The molecular formula is C35H49N3O. The Balaban J connectivity index is 1.16. The SMILES string of the molecule is CCCCCCN(C)CCNCc1ccc(OC2CCN(CC(c3ccccc3)c3ccccc3)CC2)cc1. The highest BCUT2D eigenvalue weighted by Gasteiger charge is 2.24. The number of likely N-dealkylation sites (N-methyl/N-ethyl adjacent to an activating group) is 1. The highest BCUT2D eigenvalue weighted by molar-refractivity contribution is 5.33. The van der Waals surface area contributed by atoms with E-state index < -0.39 is 0 Å². The van der Waals surface area contributed by atoms with Crippen LogP contribution in [0.1, 0.15) is 68.1 Å². The monoisotopic (exact) mass is 527 g/mol. The lowest BCUT2D eigenvalue weighted by Crippen LogP contribution is -2.40. The number of hydrogen-bond acceptors (Lipinski definition) is 4. The summed E-state index contributed by atoms with van der Waals surface area (Å²) in [5.41, 5.74) is 4.10. The molecule has 0 unspecified atom stereocenters. The number of unbranched alkanes of at least 4 members (excludes halogenated alkanes) is 3. The molecule has 1 fully saturated rings. The van der Waals surface area contributed by atoms with Gasteiger partial charge in [0.1, 0.15) is 11.9 Å². The normalized spacial score (nSPS) is 14.8. The molecule has 1 aliphatic heterocycles. The first-order chi connectivity index (χ1) is 19.2. The summed E-state index contributed by atoms with van der Waals surface area (Å²) in [6.07, 6.45) is 7.77. The van der Waals surface area contributed by atoms with Crippen LogP contribution in [-0.2, 0) is 6.54 Å². The molecule has 0 aliphatic carbocycles. The number of nitrogens with one attached hydrogen (secondary N) is 1. The Kier molecular flexibility index (Phi) is 12.4. The van der Waals surface area contributed by atoms with Gasteiger partial charge in [-0.1, -0.05) is 99.0 Å². The fourth-order valence-corrected chi connectivity index (χ4v) is 5.54. The smallest absolute Gasteiger partial charge is 0.119 e. The van der Waals surface area contributed by atoms with E-state index in [1.807, 2.05) is 0 Å². The minimum atomic E-state index is 0.296. The van der Waals surface area contributed by atoms with Crippen LogP contribution in [0, 0.1) is 0 Å². The number of rotatable bonds is 16. The van der Waals surface area contributed by atoms with Crippen molar-refractivity contribution in [3.8, 4) is 5.75 Å². The largest absolute Gasteiger partial charge is 0.490 e. The van der Waals surface area contributed by atoms with Crippen LogP contribution in [0.15, 0.2) is 84.9 Å². The van der Waals surface area contributed by atoms with E-state index in [9.17, 15) is 0 Å². The van der Waals surface area contributed by atoms with Gasteiger partial charge in [-0.05, 0) is 61.7 Å². The average molecular weight is 528 g/mol. The second kappa shape index (κ2) is 16.4. The standard InChI is InChI=1S/C35H49N3O/c1-3-4-5-12-24-37(2)27-23-36-28-30-17-19-33(20-18-30)39-34-21-25-38(26-22-34)29-35(31-13-8-6-9-14-31)32-15-10-7-11-16-32/h6-11,13-20,34-36H,3-5,12,21-29H2,1-2H3. The van der Waals surface area contributed by atoms with Crippen molar-refractivity contribution in [1.82, 2.24) is 15.1 Å². The first-order valence-electron chi connectivity index (χ1n) is 15.2. The zero-order chi connectivity index (χ0) is 27.1. The van der Waals surface area contributed by atoms with Crippen LogP contribution in [0.25, 0.3) is 0 Å². The van der Waals surface area contributed by atoms with Gasteiger partial charge in [-0.3, -0.25) is 0 Å². The molecule has 0 radical (unpaired) electrons. The van der Waals surface area contributed by atoms with E-state index in [4.69, 9.17) is 4.74 Å². The maximum absolute atomic E-state index is 6.39. The van der Waals surface area contributed by atoms with Crippen LogP contribution in [0.5, 0.6) is 5.75 Å². The van der Waals surface area contributed by atoms with E-state index in [1.165, 1.54) is 48.9 Å². The lowest BCUT2D eigenvalue weighted by molar-refractivity contribution is 0.0988. The summed E-state index contributed by atoms with van der Waals surface area (Å²) in [6.45, 7) is 9.72. The molecule has 0 aromatic heterocycles. The molecule has 0 spiro atoms. The minimum Gasteiger partial charge on any atom is -0.490 e. The molecule has 4 rings (SSSR count). The van der Waals surface area contributed by atoms with Crippen molar-refractivity contribution in [3.63, 3.8) is 0 Å². The Hall–Kier alpha value is -2.66. The van der Waals surface area contributed by atoms with Gasteiger partial charge in [0, 0.05) is 45.2 Å². The van der Waals surface area contributed by atoms with Crippen molar-refractivity contribution in [2.24, 2.45) is 0 Å². The van der Waals surface area contributed by atoms with Crippen LogP contribution in [0.2, 0.25) is 0 Å². The van der Waals surface area contributed by atoms with Crippen molar-refractivity contribution >= 4 is 0 Å². The molecule has 0 amide bonds. The van der Waals surface area contributed by atoms with E-state index in [-0.39, 0.29) is 0 Å². The molecule has 1 heterocycles. The molecule has 3 aromatic carbocycles. The van der Waals surface area contributed by atoms with Crippen LogP contribution in [-0.4, -0.2) is 62.2 Å². The summed E-state index contributed by atoms with van der Waals surface area (Å²) in [5.74, 6) is 1.40. The Morgan fingerprint density at radius 1 is 0.821 bits per heavy atom. The fraction of sp³-hybridized carbons (Fsp3) is 0.486. The molecule has 0 bridgehead atoms. The zero-order valence-electron chi connectivity index (χ0n) is 24.2. The molecule has 4 nitrogen and oxygen atoms in total. The molecule has 0 saturated carbocycles. The molecule has 39 heavy (non-hydrogen) atoms. The second-order valence-corrected chi connectivity index (χ2v) is 11.2. The lowest BCUT2D eigenvalue weighted by Gasteiger charge is -2.34. The molecule has 210 valence electrons. The maximum atomic E-state index is 6.39. The van der Waals surface area contributed by atoms with Crippen LogP contribution in [0.4, 0.5) is 0 Å². The Morgan fingerprint density at radius 3 is 2.08 bits per heavy atom. The molecule has 3 aromatic rings. The van der Waals surface area contributed by atoms with E-state index in [2.05, 4.69) is 114 Å². The quantitative estimate of drug-likeness (QED) is 0.204. The molecular weight excluding hydrogens is 478 g/mol. The third kappa shape index (κ3) is 10.1. The van der Waals surface area contributed by atoms with E-state index >= 15 is 0 Å². The third-order valence-corrected chi connectivity index (χ3v) is 8.00. The van der Waals surface area contributed by atoms with Gasteiger partial charge in [-0.25, -0.2) is 0 Å². The minimum absolute atomic E-state index is 0.296. The maximum Gasteiger partial charge on any atom is 0.119 e. The van der Waals surface area contributed by atoms with Crippen LogP contribution < -0.4 is 10.1 Å². The van der Waals surface area contributed by atoms with E-state index in [1.54, 1.807) is 0 Å². The van der Waals surface area contributed by atoms with Gasteiger partial charge >= 0.3 is 0 Å². The summed E-state index contributed by atoms with van der Waals surface area (Å²) < 4.78 is 6.39. The van der Waals surface area contributed by atoms with Gasteiger partial charge in [0.25, 0.3) is 0 Å². The number of nitrogens with zero attached hydrogens (tertiary/aromatic N) is 2. The van der Waals surface area contributed by atoms with Crippen molar-refractivity contribution in [2.75, 3.05) is 46.3 Å². The highest BCUT2D eigenvalue weighted by Crippen LogP contribution is 2.27. The van der Waals surface area contributed by atoms with Crippen molar-refractivity contribution < 1.29 is 4.74 Å². The number of ether oxygens (including phenoxy) is 1. The molecule has 1 saturated heterocycles. The number of likely N-dealkylation sites (tertiary alicyclic amines) is 1. The summed E-state index contributed by atoms with van der Waals surface area (Å²) in [6, 6.07) is 30.6. The highest BCUT2D eigenvalue weighted by atomic mass is 16.5. The van der Waals surface area contributed by atoms with Gasteiger partial charge in [0.05, 0.1) is 0 Å². The van der Waals surface area contributed by atoms with E-state index in [0.29, 0.717) is 12.0 Å². The van der Waals surface area contributed by atoms with Gasteiger partial charge in [0.2, 0.25) is 0 Å². The predicted molar refractivity (Wildman–Crippen MR) is 165 cm³/mol. The molecule has 0 atom stereocenters. The summed E-state index contributed by atoms with van der Waals surface area (Å²) in [7, 11) is 2.23. The van der Waals surface area contributed by atoms with Crippen LogP contribution in [0.3, 0.4) is 0 Å². The third-order valence-electron chi connectivity index (χ3n) is 8.00. The molecule has 1 N–H and O–H groups in total. The number of piperidine rings is 1. The Labute approximate surface area is 237 Å². The van der Waals surface area contributed by atoms with E-state index in [0.717, 1.165) is 57.9 Å². The predicted octanol–water partition coefficient (Wildman–Crippen LogP) is 6.96. The first kappa shape index (κ1) is 29.3. The average Bonchev–Trinajstić information content (AvgIpc) is 2.99. The fourth-order valence-electron chi connectivity index (χ4n) is 5.54. The van der Waals surface area contributed by atoms with Crippen molar-refractivity contribution in [3.05, 3.63) is 102 Å². The first-order valence-corrected chi connectivity index (χ1v) is 15.2. The topological polar surface area (TPSA) is 27.7 Å². The van der Waals surface area contributed by atoms with Gasteiger partial charge in [-0.2, -0.15) is 0 Å².